The van der Waals surface area contributed by atoms with Gasteiger partial charge in [-0.15, -0.1) is 0 Å². The molecule has 2 atom stereocenters. The summed E-state index contributed by atoms with van der Waals surface area (Å²) in [6, 6.07) is -0.742. The van der Waals surface area contributed by atoms with E-state index in [2.05, 4.69) is 123 Å². The summed E-state index contributed by atoms with van der Waals surface area (Å²) < 4.78 is 17.2. The molecule has 0 aromatic heterocycles. The average molecular weight is 890 g/mol. The van der Waals surface area contributed by atoms with Crippen LogP contribution >= 0.6 is 0 Å². The lowest BCUT2D eigenvalue weighted by molar-refractivity contribution is -0.889. The maximum atomic E-state index is 12.8. The van der Waals surface area contributed by atoms with Crippen LogP contribution in [0.2, 0.25) is 0 Å². The van der Waals surface area contributed by atoms with Crippen molar-refractivity contribution in [1.29, 1.82) is 0 Å². The molecular weight excluding hydrogens is 799 g/mol. The van der Waals surface area contributed by atoms with Crippen molar-refractivity contribution in [3.63, 3.8) is 0 Å². The van der Waals surface area contributed by atoms with Gasteiger partial charge in [-0.1, -0.05) is 175 Å². The normalized spacial score (nSPS) is 13.8. The fraction of sp³-hybridized carbons (Fsp3) is 0.625. The fourth-order valence-corrected chi connectivity index (χ4v) is 6.63. The third kappa shape index (κ3) is 43.3. The lowest BCUT2D eigenvalue weighted by Crippen LogP contribution is -2.55. The van der Waals surface area contributed by atoms with Gasteiger partial charge >= 0.3 is 11.9 Å². The highest BCUT2D eigenvalue weighted by Gasteiger charge is 2.25. The smallest absolute Gasteiger partial charge is 0.306 e. The zero-order chi connectivity index (χ0) is 47.0. The van der Waals surface area contributed by atoms with E-state index < -0.39 is 18.1 Å². The first-order valence-corrected chi connectivity index (χ1v) is 24.9. The van der Waals surface area contributed by atoms with Gasteiger partial charge in [-0.3, -0.25) is 9.59 Å². The summed E-state index contributed by atoms with van der Waals surface area (Å²) >= 11 is 0. The largest absolute Gasteiger partial charge is 0.544 e. The Bertz CT molecular complexity index is 1410. The minimum Gasteiger partial charge on any atom is -0.544 e. The second-order valence-corrected chi connectivity index (χ2v) is 17.3. The van der Waals surface area contributed by atoms with Crippen LogP contribution in [0.1, 0.15) is 174 Å². The van der Waals surface area contributed by atoms with Crippen molar-refractivity contribution in [2.24, 2.45) is 0 Å². The van der Waals surface area contributed by atoms with E-state index in [4.69, 9.17) is 14.2 Å². The predicted octanol–water partition coefficient (Wildman–Crippen LogP) is 13.1. The molecular formula is C56H91NO7. The van der Waals surface area contributed by atoms with Gasteiger partial charge in [-0.05, 0) is 89.9 Å². The van der Waals surface area contributed by atoms with Crippen molar-refractivity contribution < 1.29 is 38.2 Å². The van der Waals surface area contributed by atoms with E-state index >= 15 is 0 Å². The van der Waals surface area contributed by atoms with Crippen LogP contribution in [0.3, 0.4) is 0 Å². The fourth-order valence-electron chi connectivity index (χ4n) is 6.63. The molecule has 0 rings (SSSR count). The molecule has 0 radical (unpaired) electrons. The number of likely N-dealkylation sites (N-methyl/N-ethyl adjacent to an activating group) is 1. The molecule has 0 saturated heterocycles. The molecule has 362 valence electrons. The minimum absolute atomic E-state index is 0.0141. The van der Waals surface area contributed by atoms with Crippen LogP contribution in [0.15, 0.2) is 109 Å². The number of ether oxygens (including phenoxy) is 3. The molecule has 0 aliphatic heterocycles. The van der Waals surface area contributed by atoms with Crippen molar-refractivity contribution in [3.8, 4) is 0 Å². The zero-order valence-electron chi connectivity index (χ0n) is 41.2. The molecule has 0 N–H and O–H groups in total. The Morgan fingerprint density at radius 2 is 0.844 bits per heavy atom. The molecule has 0 aromatic carbocycles. The molecule has 0 fully saturated rings. The average Bonchev–Trinajstić information content (AvgIpc) is 3.26. The van der Waals surface area contributed by atoms with Gasteiger partial charge in [0.05, 0.1) is 40.3 Å². The highest BCUT2D eigenvalue weighted by Crippen LogP contribution is 2.14. The summed E-state index contributed by atoms with van der Waals surface area (Å²) in [6.07, 6.45) is 62.7. The van der Waals surface area contributed by atoms with E-state index in [1.165, 1.54) is 51.4 Å². The van der Waals surface area contributed by atoms with Gasteiger partial charge in [-0.25, -0.2) is 0 Å². The summed E-state index contributed by atoms with van der Waals surface area (Å²) in [4.78, 5) is 37.0. The lowest BCUT2D eigenvalue weighted by Gasteiger charge is -2.34. The first kappa shape index (κ1) is 60.0. The number of esters is 2. The van der Waals surface area contributed by atoms with Gasteiger partial charge in [0.15, 0.2) is 6.10 Å². The summed E-state index contributed by atoms with van der Waals surface area (Å²) in [5, 5.41) is 11.7. The van der Waals surface area contributed by atoms with E-state index in [0.29, 0.717) is 12.8 Å². The Labute approximate surface area is 391 Å². The Balaban J connectivity index is 4.39. The number of carbonyl (C=O) groups excluding carboxylic acids is 3. The second kappa shape index (κ2) is 45.6. The predicted molar refractivity (Wildman–Crippen MR) is 268 cm³/mol. The number of carboxylic acids is 1. The van der Waals surface area contributed by atoms with Crippen molar-refractivity contribution in [3.05, 3.63) is 109 Å². The number of carbonyl (C=O) groups is 3. The number of nitrogens with zero attached hydrogens (tertiary/aromatic N) is 1. The number of hydrogen-bond donors (Lipinski definition) is 0. The van der Waals surface area contributed by atoms with Gasteiger partial charge in [-0.2, -0.15) is 0 Å². The number of quaternary nitrogens is 1. The number of unbranched alkanes of at least 4 members (excludes halogenated alkanes) is 11. The highest BCUT2D eigenvalue weighted by atomic mass is 16.6. The summed E-state index contributed by atoms with van der Waals surface area (Å²) in [6.45, 7) is 4.36. The van der Waals surface area contributed by atoms with Crippen LogP contribution < -0.4 is 5.11 Å². The van der Waals surface area contributed by atoms with E-state index in [1.54, 1.807) is 21.1 Å². The van der Waals surface area contributed by atoms with E-state index in [9.17, 15) is 19.5 Å². The van der Waals surface area contributed by atoms with Crippen molar-refractivity contribution in [2.45, 2.75) is 187 Å². The third-order valence-corrected chi connectivity index (χ3v) is 10.4. The quantitative estimate of drug-likeness (QED) is 0.0260. The van der Waals surface area contributed by atoms with Crippen LogP contribution in [0.5, 0.6) is 0 Å². The van der Waals surface area contributed by atoms with Crippen LogP contribution in [-0.2, 0) is 28.6 Å². The first-order valence-electron chi connectivity index (χ1n) is 24.9. The molecule has 0 amide bonds. The second-order valence-electron chi connectivity index (χ2n) is 17.3. The molecule has 64 heavy (non-hydrogen) atoms. The van der Waals surface area contributed by atoms with Crippen molar-refractivity contribution in [1.82, 2.24) is 0 Å². The van der Waals surface area contributed by atoms with Crippen LogP contribution in [0.4, 0.5) is 0 Å². The van der Waals surface area contributed by atoms with Gasteiger partial charge < -0.3 is 28.6 Å². The molecule has 0 aliphatic rings. The SMILES string of the molecule is CC/C=C/C/C=C/C/C=C/C/C=C/C/C=C/C/C=C/CCCC(=O)OCC(COCCC(C(=O)[O-])[N+](C)(C)C)OC(=O)CCCCCCCCCCCC/C=C/C/C=C/C/C=C/CC. The van der Waals surface area contributed by atoms with Gasteiger partial charge in [0.2, 0.25) is 0 Å². The Morgan fingerprint density at radius 1 is 0.469 bits per heavy atom. The lowest BCUT2D eigenvalue weighted by atomic mass is 10.0. The maximum Gasteiger partial charge on any atom is 0.306 e. The molecule has 0 aliphatic carbocycles. The molecule has 0 saturated carbocycles. The molecule has 0 aromatic rings. The topological polar surface area (TPSA) is 102 Å². The van der Waals surface area contributed by atoms with E-state index in [-0.39, 0.29) is 49.1 Å². The van der Waals surface area contributed by atoms with E-state index in [1.807, 2.05) is 0 Å². The van der Waals surface area contributed by atoms with Gasteiger partial charge in [0.1, 0.15) is 12.6 Å². The third-order valence-electron chi connectivity index (χ3n) is 10.4. The van der Waals surface area contributed by atoms with Crippen LogP contribution in [0, 0.1) is 0 Å². The Kier molecular flexibility index (Phi) is 42.7. The molecule has 2 unspecified atom stereocenters. The van der Waals surface area contributed by atoms with Gasteiger partial charge in [0.25, 0.3) is 0 Å². The number of aliphatic carboxylic acids is 1. The highest BCUT2D eigenvalue weighted by molar-refractivity contribution is 5.70. The monoisotopic (exact) mass is 890 g/mol. The van der Waals surface area contributed by atoms with Gasteiger partial charge in [0, 0.05) is 19.3 Å². The number of rotatable bonds is 43. The maximum absolute atomic E-state index is 12.8. The van der Waals surface area contributed by atoms with Crippen molar-refractivity contribution in [2.75, 3.05) is 41.0 Å². The number of hydrogen-bond acceptors (Lipinski definition) is 7. The summed E-state index contributed by atoms with van der Waals surface area (Å²) in [5.74, 6) is -1.83. The molecule has 0 bridgehead atoms. The van der Waals surface area contributed by atoms with Crippen molar-refractivity contribution >= 4 is 17.9 Å². The number of allylic oxidation sites excluding steroid dienone is 18. The van der Waals surface area contributed by atoms with Crippen LogP contribution in [-0.4, -0.2) is 75.5 Å². The molecule has 0 spiro atoms. The van der Waals surface area contributed by atoms with Crippen LogP contribution in [0.25, 0.3) is 0 Å². The Hall–Kier alpha value is -4.01. The minimum atomic E-state index is -1.14. The zero-order valence-corrected chi connectivity index (χ0v) is 41.2. The first-order chi connectivity index (χ1) is 31.1. The summed E-state index contributed by atoms with van der Waals surface area (Å²) in [7, 11) is 5.38. The standard InChI is InChI=1S/C56H91NO7/c1-6-8-10-12-14-16-18-20-22-24-26-28-30-32-34-36-38-40-42-44-46-54(58)63-51-52(50-62-49-48-53(56(60)61)57(3,4)5)64-55(59)47-45-43-41-39-37-35-33-31-29-27-25-23-21-19-17-15-13-11-9-7-2/h8-11,14-17,20-23,26,28,32,34,38,40,52-53H,6-7,12-13,18-19,24-25,27,29-31,33,35-37,39,41-51H2,1-5H3/b10-8+,11-9+,16-14+,17-15+,22-20+,23-21+,28-26+,34-32+,40-38+. The summed E-state index contributed by atoms with van der Waals surface area (Å²) in [5.41, 5.74) is 0. The Morgan fingerprint density at radius 3 is 1.27 bits per heavy atom. The molecule has 8 nitrogen and oxygen atoms in total. The number of carboxylic acid groups (broad SMARTS) is 1. The van der Waals surface area contributed by atoms with E-state index in [0.717, 1.165) is 83.5 Å². The molecule has 8 heteroatoms. The molecule has 0 heterocycles.